The molecule has 0 unspecified atom stereocenters. The molecule has 0 N–H and O–H groups in total. The van der Waals surface area contributed by atoms with Gasteiger partial charge in [-0.1, -0.05) is 11.6 Å². The van der Waals surface area contributed by atoms with Crippen LogP contribution < -0.4 is 0 Å². The van der Waals surface area contributed by atoms with Crippen molar-refractivity contribution in [1.29, 1.82) is 0 Å². The summed E-state index contributed by atoms with van der Waals surface area (Å²) in [7, 11) is 3.90. The summed E-state index contributed by atoms with van der Waals surface area (Å²) in [6, 6.07) is 0. The standard InChI is InChI=1S/C16H24ClN5O/c1-4-23-11-13-8-22(10-16-15(17)6-19-21(16)3)9-14(13)12-5-18-20(2)7-12/h5-7,13-14H,4,8-11H2,1-3H3/t13-,14-/m0/s1. The van der Waals surface area contributed by atoms with Crippen molar-refractivity contribution in [2.24, 2.45) is 20.0 Å². The predicted molar refractivity (Wildman–Crippen MR) is 89.4 cm³/mol. The normalized spacial score (nSPS) is 22.1. The second-order valence-electron chi connectivity index (χ2n) is 6.23. The summed E-state index contributed by atoms with van der Waals surface area (Å²) in [6.07, 6.45) is 5.80. The van der Waals surface area contributed by atoms with Crippen LogP contribution in [0.5, 0.6) is 0 Å². The number of halogens is 1. The quantitative estimate of drug-likeness (QED) is 0.809. The lowest BCUT2D eigenvalue weighted by Crippen LogP contribution is -2.23. The van der Waals surface area contributed by atoms with Gasteiger partial charge in [-0.25, -0.2) is 0 Å². The van der Waals surface area contributed by atoms with E-state index < -0.39 is 0 Å². The fourth-order valence-electron chi connectivity index (χ4n) is 3.36. The zero-order valence-electron chi connectivity index (χ0n) is 13.9. The predicted octanol–water partition coefficient (Wildman–Crippen LogP) is 2.06. The Bertz CT molecular complexity index is 633. The molecule has 1 aliphatic heterocycles. The van der Waals surface area contributed by atoms with Gasteiger partial charge >= 0.3 is 0 Å². The zero-order chi connectivity index (χ0) is 16.4. The molecule has 0 aromatic carbocycles. The van der Waals surface area contributed by atoms with E-state index >= 15 is 0 Å². The van der Waals surface area contributed by atoms with Crippen molar-refractivity contribution in [3.63, 3.8) is 0 Å². The van der Waals surface area contributed by atoms with Crippen molar-refractivity contribution in [3.05, 3.63) is 34.9 Å². The Balaban J connectivity index is 1.74. The maximum absolute atomic E-state index is 6.25. The fraction of sp³-hybridized carbons (Fsp3) is 0.625. The van der Waals surface area contributed by atoms with Crippen LogP contribution in [0.15, 0.2) is 18.6 Å². The summed E-state index contributed by atoms with van der Waals surface area (Å²) < 4.78 is 9.44. The highest BCUT2D eigenvalue weighted by atomic mass is 35.5. The molecule has 2 aromatic heterocycles. The summed E-state index contributed by atoms with van der Waals surface area (Å²) in [5, 5.41) is 9.29. The Morgan fingerprint density at radius 2 is 2.09 bits per heavy atom. The van der Waals surface area contributed by atoms with Crippen LogP contribution in [0.4, 0.5) is 0 Å². The average molecular weight is 338 g/mol. The first kappa shape index (κ1) is 16.5. The molecule has 1 aliphatic rings. The lowest BCUT2D eigenvalue weighted by atomic mass is 9.92. The fourth-order valence-corrected chi connectivity index (χ4v) is 3.59. The van der Waals surface area contributed by atoms with E-state index in [4.69, 9.17) is 16.3 Å². The second-order valence-corrected chi connectivity index (χ2v) is 6.64. The molecule has 3 heterocycles. The number of nitrogens with zero attached hydrogens (tertiary/aromatic N) is 5. The molecule has 0 bridgehead atoms. The van der Waals surface area contributed by atoms with Gasteiger partial charge in [-0.3, -0.25) is 14.3 Å². The maximum Gasteiger partial charge on any atom is 0.0831 e. The summed E-state index contributed by atoms with van der Waals surface area (Å²) in [4.78, 5) is 2.43. The van der Waals surface area contributed by atoms with Crippen molar-refractivity contribution < 1.29 is 4.74 Å². The lowest BCUT2D eigenvalue weighted by Gasteiger charge is -2.16. The minimum absolute atomic E-state index is 0.447. The third-order valence-electron chi connectivity index (χ3n) is 4.59. The molecule has 6 nitrogen and oxygen atoms in total. The van der Waals surface area contributed by atoms with Crippen molar-refractivity contribution in [3.8, 4) is 0 Å². The Labute approximate surface area is 142 Å². The molecule has 1 fully saturated rings. The summed E-state index contributed by atoms with van der Waals surface area (Å²) >= 11 is 6.25. The van der Waals surface area contributed by atoms with Crippen molar-refractivity contribution >= 4 is 11.6 Å². The number of likely N-dealkylation sites (tertiary alicyclic amines) is 1. The van der Waals surface area contributed by atoms with E-state index in [0.717, 1.165) is 43.6 Å². The lowest BCUT2D eigenvalue weighted by molar-refractivity contribution is 0.107. The van der Waals surface area contributed by atoms with Gasteiger partial charge in [0.2, 0.25) is 0 Å². The Hall–Kier alpha value is -1.37. The topological polar surface area (TPSA) is 48.1 Å². The minimum atomic E-state index is 0.447. The summed E-state index contributed by atoms with van der Waals surface area (Å²) in [5.41, 5.74) is 2.35. The van der Waals surface area contributed by atoms with E-state index in [1.807, 2.05) is 36.6 Å². The van der Waals surface area contributed by atoms with Gasteiger partial charge in [-0.05, 0) is 12.5 Å². The highest BCUT2D eigenvalue weighted by Crippen LogP contribution is 2.34. The van der Waals surface area contributed by atoms with Gasteiger partial charge < -0.3 is 4.74 Å². The van der Waals surface area contributed by atoms with Crippen LogP contribution in [0.2, 0.25) is 5.02 Å². The summed E-state index contributed by atoms with van der Waals surface area (Å²) in [6.45, 7) is 6.39. The summed E-state index contributed by atoms with van der Waals surface area (Å²) in [5.74, 6) is 0.924. The molecule has 23 heavy (non-hydrogen) atoms. The van der Waals surface area contributed by atoms with Crippen molar-refractivity contribution in [1.82, 2.24) is 24.5 Å². The number of hydrogen-bond donors (Lipinski definition) is 0. The second kappa shape index (κ2) is 7.03. The number of hydrogen-bond acceptors (Lipinski definition) is 4. The van der Waals surface area contributed by atoms with E-state index in [2.05, 4.69) is 21.3 Å². The third-order valence-corrected chi connectivity index (χ3v) is 4.91. The van der Waals surface area contributed by atoms with Crippen LogP contribution in [-0.4, -0.2) is 50.8 Å². The SMILES string of the molecule is CCOC[C@@H]1CN(Cc2c(Cl)cnn2C)C[C@H]1c1cnn(C)c1. The number of aryl methyl sites for hydroxylation is 2. The number of ether oxygens (including phenoxy) is 1. The van der Waals surface area contributed by atoms with Crippen molar-refractivity contribution in [2.45, 2.75) is 19.4 Å². The van der Waals surface area contributed by atoms with E-state index in [1.165, 1.54) is 5.56 Å². The molecule has 3 rings (SSSR count). The first-order chi connectivity index (χ1) is 11.1. The van der Waals surface area contributed by atoms with E-state index in [0.29, 0.717) is 11.8 Å². The van der Waals surface area contributed by atoms with Crippen LogP contribution in [0, 0.1) is 5.92 Å². The van der Waals surface area contributed by atoms with Crippen LogP contribution in [0.25, 0.3) is 0 Å². The van der Waals surface area contributed by atoms with Crippen LogP contribution in [-0.2, 0) is 25.4 Å². The van der Waals surface area contributed by atoms with E-state index in [1.54, 1.807) is 6.20 Å². The monoisotopic (exact) mass is 337 g/mol. The maximum atomic E-state index is 6.25. The highest BCUT2D eigenvalue weighted by Gasteiger charge is 2.35. The molecule has 2 aromatic rings. The molecule has 0 saturated carbocycles. The average Bonchev–Trinajstić information content (AvgIpc) is 3.20. The molecule has 2 atom stereocenters. The van der Waals surface area contributed by atoms with Gasteiger partial charge in [-0.2, -0.15) is 10.2 Å². The zero-order valence-corrected chi connectivity index (χ0v) is 14.7. The molecule has 1 saturated heterocycles. The highest BCUT2D eigenvalue weighted by molar-refractivity contribution is 6.31. The van der Waals surface area contributed by atoms with Crippen LogP contribution in [0.1, 0.15) is 24.1 Å². The molecule has 0 amide bonds. The van der Waals surface area contributed by atoms with Crippen LogP contribution >= 0.6 is 11.6 Å². The van der Waals surface area contributed by atoms with Gasteiger partial charge in [-0.15, -0.1) is 0 Å². The molecular formula is C16H24ClN5O. The van der Waals surface area contributed by atoms with Gasteiger partial charge in [0, 0.05) is 58.4 Å². The minimum Gasteiger partial charge on any atom is -0.381 e. The largest absolute Gasteiger partial charge is 0.381 e. The molecule has 7 heteroatoms. The smallest absolute Gasteiger partial charge is 0.0831 e. The van der Waals surface area contributed by atoms with Crippen LogP contribution in [0.3, 0.4) is 0 Å². The Morgan fingerprint density at radius 3 is 2.70 bits per heavy atom. The van der Waals surface area contributed by atoms with E-state index in [9.17, 15) is 0 Å². The first-order valence-corrected chi connectivity index (χ1v) is 8.41. The molecule has 0 aliphatic carbocycles. The Kier molecular flexibility index (Phi) is 5.04. The van der Waals surface area contributed by atoms with Crippen molar-refractivity contribution in [2.75, 3.05) is 26.3 Å². The molecule has 0 spiro atoms. The molecule has 0 radical (unpaired) electrons. The molecule has 126 valence electrons. The van der Waals surface area contributed by atoms with Gasteiger partial charge in [0.05, 0.1) is 29.7 Å². The third kappa shape index (κ3) is 3.59. The van der Waals surface area contributed by atoms with Gasteiger partial charge in [0.25, 0.3) is 0 Å². The van der Waals surface area contributed by atoms with Gasteiger partial charge in [0.15, 0.2) is 0 Å². The molecular weight excluding hydrogens is 314 g/mol. The first-order valence-electron chi connectivity index (χ1n) is 8.03. The van der Waals surface area contributed by atoms with Gasteiger partial charge in [0.1, 0.15) is 0 Å². The Morgan fingerprint density at radius 1 is 1.26 bits per heavy atom. The number of rotatable bonds is 6. The van der Waals surface area contributed by atoms with E-state index in [-0.39, 0.29) is 0 Å². The number of aromatic nitrogens is 4.